The van der Waals surface area contributed by atoms with Gasteiger partial charge in [0.05, 0.1) is 0 Å². The average Bonchev–Trinajstić information content (AvgIpc) is 3.03. The molecule has 1 aromatic carbocycles. The zero-order valence-corrected chi connectivity index (χ0v) is 11.8. The van der Waals surface area contributed by atoms with Gasteiger partial charge in [0.2, 0.25) is 0 Å². The summed E-state index contributed by atoms with van der Waals surface area (Å²) in [5, 5.41) is 3.32. The minimum absolute atomic E-state index is 0.103. The molecule has 0 saturated carbocycles. The smallest absolute Gasteiger partial charge is 0.263 e. The highest BCUT2D eigenvalue weighted by Crippen LogP contribution is 2.27. The van der Waals surface area contributed by atoms with E-state index in [1.54, 1.807) is 11.8 Å². The maximum atomic E-state index is 13.1. The molecule has 2 heterocycles. The molecule has 2 saturated heterocycles. The van der Waals surface area contributed by atoms with Gasteiger partial charge in [0.1, 0.15) is 5.75 Å². The van der Waals surface area contributed by atoms with E-state index in [-0.39, 0.29) is 11.7 Å². The molecule has 3 atom stereocenters. The minimum atomic E-state index is -0.978. The molecule has 21 heavy (non-hydrogen) atoms. The van der Waals surface area contributed by atoms with Gasteiger partial charge in [-0.25, -0.2) is 8.78 Å². The summed E-state index contributed by atoms with van der Waals surface area (Å²) in [6, 6.07) is 3.28. The molecule has 2 fully saturated rings. The van der Waals surface area contributed by atoms with Crippen LogP contribution in [0, 0.1) is 23.5 Å². The topological polar surface area (TPSA) is 41.6 Å². The number of nitrogens with zero attached hydrogens (tertiary/aromatic N) is 1. The fourth-order valence-electron chi connectivity index (χ4n) is 3.10. The molecule has 1 N–H and O–H groups in total. The molecule has 0 aromatic heterocycles. The van der Waals surface area contributed by atoms with E-state index in [4.69, 9.17) is 4.74 Å². The van der Waals surface area contributed by atoms with E-state index >= 15 is 0 Å². The molecule has 0 bridgehead atoms. The van der Waals surface area contributed by atoms with Crippen molar-refractivity contribution in [2.75, 3.05) is 26.2 Å². The lowest BCUT2D eigenvalue weighted by Gasteiger charge is -2.22. The number of hydrogen-bond donors (Lipinski definition) is 1. The number of benzene rings is 1. The van der Waals surface area contributed by atoms with Gasteiger partial charge in [-0.3, -0.25) is 4.79 Å². The Morgan fingerprint density at radius 2 is 1.95 bits per heavy atom. The van der Waals surface area contributed by atoms with Crippen LogP contribution >= 0.6 is 0 Å². The predicted molar refractivity (Wildman–Crippen MR) is 72.9 cm³/mol. The van der Waals surface area contributed by atoms with E-state index in [1.807, 2.05) is 0 Å². The van der Waals surface area contributed by atoms with Crippen LogP contribution in [0.15, 0.2) is 18.2 Å². The van der Waals surface area contributed by atoms with Crippen molar-refractivity contribution in [2.45, 2.75) is 13.0 Å². The fraction of sp³-hybridized carbons (Fsp3) is 0.533. The second-order valence-electron chi connectivity index (χ2n) is 5.76. The third kappa shape index (κ3) is 2.85. The van der Waals surface area contributed by atoms with Gasteiger partial charge in [0, 0.05) is 32.2 Å². The van der Waals surface area contributed by atoms with Crippen molar-refractivity contribution in [2.24, 2.45) is 11.8 Å². The maximum absolute atomic E-state index is 13.1. The summed E-state index contributed by atoms with van der Waals surface area (Å²) in [4.78, 5) is 14.2. The lowest BCUT2D eigenvalue weighted by atomic mass is 10.0. The van der Waals surface area contributed by atoms with Crippen molar-refractivity contribution in [3.05, 3.63) is 29.8 Å². The zero-order chi connectivity index (χ0) is 15.0. The Bertz CT molecular complexity index is 540. The van der Waals surface area contributed by atoms with Gasteiger partial charge in [0.15, 0.2) is 17.7 Å². The summed E-state index contributed by atoms with van der Waals surface area (Å²) >= 11 is 0. The van der Waals surface area contributed by atoms with Crippen LogP contribution in [0.2, 0.25) is 0 Å². The SMILES string of the molecule is CC(Oc1ccc(F)c(F)c1)C(=O)N1C[C@H]2CNC[C@H]2C1. The highest BCUT2D eigenvalue weighted by Gasteiger charge is 2.39. The quantitative estimate of drug-likeness (QED) is 0.917. The van der Waals surface area contributed by atoms with Crippen molar-refractivity contribution in [1.82, 2.24) is 10.2 Å². The van der Waals surface area contributed by atoms with Gasteiger partial charge in [0.25, 0.3) is 5.91 Å². The number of carbonyl (C=O) groups excluding carboxylic acids is 1. The van der Waals surface area contributed by atoms with Gasteiger partial charge in [-0.1, -0.05) is 0 Å². The van der Waals surface area contributed by atoms with Crippen molar-refractivity contribution in [3.8, 4) is 5.75 Å². The molecule has 2 aliphatic heterocycles. The second kappa shape index (κ2) is 5.60. The summed E-state index contributed by atoms with van der Waals surface area (Å²) in [5.74, 6) is -0.811. The van der Waals surface area contributed by atoms with Crippen LogP contribution < -0.4 is 10.1 Å². The van der Waals surface area contributed by atoms with E-state index in [0.29, 0.717) is 11.8 Å². The number of rotatable bonds is 3. The molecular weight excluding hydrogens is 278 g/mol. The van der Waals surface area contributed by atoms with Crippen molar-refractivity contribution in [1.29, 1.82) is 0 Å². The highest BCUT2D eigenvalue weighted by molar-refractivity contribution is 5.81. The minimum Gasteiger partial charge on any atom is -0.481 e. The summed E-state index contributed by atoms with van der Waals surface area (Å²) in [7, 11) is 0. The normalized spacial score (nSPS) is 25.8. The number of amides is 1. The zero-order valence-electron chi connectivity index (χ0n) is 11.8. The standard InChI is InChI=1S/C15H18F2N2O2/c1-9(21-12-2-3-13(16)14(17)4-12)15(20)19-7-10-5-18-6-11(10)8-19/h2-4,9-11,18H,5-8H2,1H3/t9?,10-,11+. The fourth-order valence-corrected chi connectivity index (χ4v) is 3.10. The molecule has 0 spiro atoms. The maximum Gasteiger partial charge on any atom is 0.263 e. The van der Waals surface area contributed by atoms with Crippen LogP contribution in [0.25, 0.3) is 0 Å². The number of likely N-dealkylation sites (tertiary alicyclic amines) is 1. The van der Waals surface area contributed by atoms with Gasteiger partial charge in [-0.15, -0.1) is 0 Å². The first-order chi connectivity index (χ1) is 10.0. The Morgan fingerprint density at radius 3 is 2.57 bits per heavy atom. The molecule has 114 valence electrons. The van der Waals surface area contributed by atoms with E-state index < -0.39 is 17.7 Å². The molecule has 1 unspecified atom stereocenters. The lowest BCUT2D eigenvalue weighted by molar-refractivity contribution is -0.137. The molecular formula is C15H18F2N2O2. The first-order valence-electron chi connectivity index (χ1n) is 7.16. The van der Waals surface area contributed by atoms with Crippen molar-refractivity contribution < 1.29 is 18.3 Å². The van der Waals surface area contributed by atoms with Crippen LogP contribution in [0.3, 0.4) is 0 Å². The third-order valence-corrected chi connectivity index (χ3v) is 4.25. The second-order valence-corrected chi connectivity index (χ2v) is 5.76. The number of nitrogens with one attached hydrogen (secondary N) is 1. The van der Waals surface area contributed by atoms with Gasteiger partial charge in [-0.05, 0) is 30.9 Å². The van der Waals surface area contributed by atoms with Crippen LogP contribution in [-0.2, 0) is 4.79 Å². The third-order valence-electron chi connectivity index (χ3n) is 4.25. The summed E-state index contributed by atoms with van der Waals surface area (Å²) < 4.78 is 31.4. The van der Waals surface area contributed by atoms with E-state index in [9.17, 15) is 13.6 Å². The van der Waals surface area contributed by atoms with E-state index in [0.717, 1.165) is 38.3 Å². The van der Waals surface area contributed by atoms with E-state index in [1.165, 1.54) is 6.07 Å². The largest absolute Gasteiger partial charge is 0.481 e. The van der Waals surface area contributed by atoms with Crippen LogP contribution in [0.5, 0.6) is 5.75 Å². The summed E-state index contributed by atoms with van der Waals surface area (Å²) in [6.07, 6.45) is -0.707. The van der Waals surface area contributed by atoms with Gasteiger partial charge < -0.3 is 15.0 Å². The van der Waals surface area contributed by atoms with Crippen molar-refractivity contribution >= 4 is 5.91 Å². The van der Waals surface area contributed by atoms with Crippen LogP contribution in [0.1, 0.15) is 6.92 Å². The lowest BCUT2D eigenvalue weighted by Crippen LogP contribution is -2.40. The number of halogens is 2. The molecule has 3 rings (SSSR count). The highest BCUT2D eigenvalue weighted by atomic mass is 19.2. The summed E-state index contributed by atoms with van der Waals surface area (Å²) in [5.41, 5.74) is 0. The Balaban J connectivity index is 1.61. The molecule has 1 aromatic rings. The Hall–Kier alpha value is -1.69. The van der Waals surface area contributed by atoms with Gasteiger partial charge in [-0.2, -0.15) is 0 Å². The molecule has 0 radical (unpaired) electrons. The Kier molecular flexibility index (Phi) is 3.80. The average molecular weight is 296 g/mol. The first-order valence-corrected chi connectivity index (χ1v) is 7.16. The molecule has 4 nitrogen and oxygen atoms in total. The summed E-state index contributed by atoms with van der Waals surface area (Å²) in [6.45, 7) is 5.01. The predicted octanol–water partition coefficient (Wildman–Crippen LogP) is 1.41. The molecule has 2 aliphatic rings. The Labute approximate surface area is 122 Å². The number of hydrogen-bond acceptors (Lipinski definition) is 3. The van der Waals surface area contributed by atoms with Crippen LogP contribution in [-0.4, -0.2) is 43.1 Å². The first kappa shape index (κ1) is 14.3. The number of carbonyl (C=O) groups is 1. The van der Waals surface area contributed by atoms with Crippen molar-refractivity contribution in [3.63, 3.8) is 0 Å². The molecule has 6 heteroatoms. The number of ether oxygens (including phenoxy) is 1. The monoisotopic (exact) mass is 296 g/mol. The number of fused-ring (bicyclic) bond motifs is 1. The Morgan fingerprint density at radius 1 is 1.29 bits per heavy atom. The molecule has 0 aliphatic carbocycles. The van der Waals surface area contributed by atoms with Gasteiger partial charge >= 0.3 is 0 Å². The molecule has 1 amide bonds. The van der Waals surface area contributed by atoms with Crippen LogP contribution in [0.4, 0.5) is 8.78 Å². The van der Waals surface area contributed by atoms with E-state index in [2.05, 4.69) is 5.32 Å².